The van der Waals surface area contributed by atoms with Crippen molar-refractivity contribution in [2.24, 2.45) is 0 Å². The molecule has 3 nitrogen and oxygen atoms in total. The maximum Gasteiger partial charge on any atom is 0.251 e. The number of thioether (sulfide) groups is 1. The van der Waals surface area contributed by atoms with Gasteiger partial charge in [0.2, 0.25) is 0 Å². The average Bonchev–Trinajstić information content (AvgIpc) is 2.46. The lowest BCUT2D eigenvalue weighted by Crippen LogP contribution is -2.37. The summed E-state index contributed by atoms with van der Waals surface area (Å²) in [6.45, 7) is 3.10. The van der Waals surface area contributed by atoms with Crippen LogP contribution in [0.5, 0.6) is 0 Å². The number of nitrogens with one attached hydrogen (secondary N) is 2. The smallest absolute Gasteiger partial charge is 0.251 e. The first-order valence-electron chi connectivity index (χ1n) is 7.02. The van der Waals surface area contributed by atoms with Crippen LogP contribution in [0, 0.1) is 0 Å². The molecule has 0 aromatic heterocycles. The zero-order valence-electron chi connectivity index (χ0n) is 11.4. The predicted octanol–water partition coefficient (Wildman–Crippen LogP) is 3.13. The summed E-state index contributed by atoms with van der Waals surface area (Å²) in [4.78, 5) is 12.1. The Bertz CT molecular complexity index is 399. The van der Waals surface area contributed by atoms with Gasteiger partial charge in [-0.2, -0.15) is 11.8 Å². The van der Waals surface area contributed by atoms with Gasteiger partial charge in [0.25, 0.3) is 5.91 Å². The highest BCUT2D eigenvalue weighted by molar-refractivity contribution is 7.99. The number of hydrogen-bond donors (Lipinski definition) is 2. The van der Waals surface area contributed by atoms with Crippen molar-refractivity contribution < 1.29 is 4.79 Å². The molecule has 0 radical (unpaired) electrons. The molecule has 1 fully saturated rings. The number of carbonyl (C=O) groups is 1. The van der Waals surface area contributed by atoms with Gasteiger partial charge in [-0.15, -0.1) is 0 Å². The summed E-state index contributed by atoms with van der Waals surface area (Å²) >= 11 is 1.97. The van der Waals surface area contributed by atoms with Crippen LogP contribution in [0.25, 0.3) is 0 Å². The van der Waals surface area contributed by atoms with Crippen LogP contribution in [-0.4, -0.2) is 30.0 Å². The Hall–Kier alpha value is -1.16. The molecule has 0 spiro atoms. The van der Waals surface area contributed by atoms with E-state index in [1.54, 1.807) is 0 Å². The van der Waals surface area contributed by atoms with Gasteiger partial charge in [-0.3, -0.25) is 4.79 Å². The van der Waals surface area contributed by atoms with Gasteiger partial charge >= 0.3 is 0 Å². The van der Waals surface area contributed by atoms with Crippen molar-refractivity contribution in [2.75, 3.05) is 23.4 Å². The van der Waals surface area contributed by atoms with Crippen LogP contribution in [0.4, 0.5) is 5.69 Å². The molecule has 0 aliphatic carbocycles. The van der Waals surface area contributed by atoms with Gasteiger partial charge in [-0.25, -0.2) is 0 Å². The first-order chi connectivity index (χ1) is 9.29. The normalized spacial score (nSPS) is 16.1. The topological polar surface area (TPSA) is 41.1 Å². The SMILES string of the molecule is CCCNc1ccc(C(=O)NC2CCSCC2)cc1. The first-order valence-corrected chi connectivity index (χ1v) is 8.17. The molecule has 0 saturated carbocycles. The highest BCUT2D eigenvalue weighted by Gasteiger charge is 2.16. The van der Waals surface area contributed by atoms with E-state index in [1.165, 1.54) is 0 Å². The number of anilines is 1. The second kappa shape index (κ2) is 7.43. The molecule has 1 heterocycles. The zero-order chi connectivity index (χ0) is 13.5. The molecule has 2 N–H and O–H groups in total. The Morgan fingerprint density at radius 3 is 2.58 bits per heavy atom. The van der Waals surface area contributed by atoms with E-state index in [4.69, 9.17) is 0 Å². The molecule has 1 aliphatic rings. The molecular formula is C15H22N2OS. The highest BCUT2D eigenvalue weighted by atomic mass is 32.2. The van der Waals surface area contributed by atoms with E-state index in [0.717, 1.165) is 48.6 Å². The molecule has 104 valence electrons. The van der Waals surface area contributed by atoms with Crippen molar-refractivity contribution >= 4 is 23.4 Å². The fourth-order valence-corrected chi connectivity index (χ4v) is 3.23. The maximum absolute atomic E-state index is 12.1. The van der Waals surface area contributed by atoms with Gasteiger partial charge in [-0.1, -0.05) is 6.92 Å². The van der Waals surface area contributed by atoms with Crippen LogP contribution < -0.4 is 10.6 Å². The van der Waals surface area contributed by atoms with E-state index in [-0.39, 0.29) is 5.91 Å². The fraction of sp³-hybridized carbons (Fsp3) is 0.533. The largest absolute Gasteiger partial charge is 0.385 e. The molecule has 0 atom stereocenters. The molecule has 2 rings (SSSR count). The lowest BCUT2D eigenvalue weighted by atomic mass is 10.1. The van der Waals surface area contributed by atoms with E-state index < -0.39 is 0 Å². The zero-order valence-corrected chi connectivity index (χ0v) is 12.3. The molecule has 0 unspecified atom stereocenters. The van der Waals surface area contributed by atoms with Crippen LogP contribution in [0.15, 0.2) is 24.3 Å². The number of rotatable bonds is 5. The quantitative estimate of drug-likeness (QED) is 0.869. The number of carbonyl (C=O) groups excluding carboxylic acids is 1. The van der Waals surface area contributed by atoms with Crippen LogP contribution in [0.1, 0.15) is 36.5 Å². The van der Waals surface area contributed by atoms with Crippen molar-refractivity contribution in [1.82, 2.24) is 5.32 Å². The summed E-state index contributed by atoms with van der Waals surface area (Å²) in [5, 5.41) is 6.43. The summed E-state index contributed by atoms with van der Waals surface area (Å²) < 4.78 is 0. The van der Waals surface area contributed by atoms with Gasteiger partial charge in [0.1, 0.15) is 0 Å². The lowest BCUT2D eigenvalue weighted by Gasteiger charge is -2.22. The Balaban J connectivity index is 1.87. The second-order valence-electron chi connectivity index (χ2n) is 4.86. The van der Waals surface area contributed by atoms with E-state index in [2.05, 4.69) is 17.6 Å². The molecule has 1 aromatic rings. The van der Waals surface area contributed by atoms with E-state index >= 15 is 0 Å². The minimum Gasteiger partial charge on any atom is -0.385 e. The molecule has 0 bridgehead atoms. The van der Waals surface area contributed by atoms with E-state index in [1.807, 2.05) is 36.0 Å². The maximum atomic E-state index is 12.1. The van der Waals surface area contributed by atoms with Gasteiger partial charge < -0.3 is 10.6 Å². The average molecular weight is 278 g/mol. The summed E-state index contributed by atoms with van der Waals surface area (Å²) in [5.41, 5.74) is 1.83. The van der Waals surface area contributed by atoms with Gasteiger partial charge in [0.15, 0.2) is 0 Å². The van der Waals surface area contributed by atoms with Crippen LogP contribution >= 0.6 is 11.8 Å². The summed E-state index contributed by atoms with van der Waals surface area (Å²) in [6, 6.07) is 8.09. The molecule has 1 amide bonds. The molecule has 1 aromatic carbocycles. The molecule has 4 heteroatoms. The van der Waals surface area contributed by atoms with Crippen molar-refractivity contribution in [3.05, 3.63) is 29.8 Å². The molecular weight excluding hydrogens is 256 g/mol. The second-order valence-corrected chi connectivity index (χ2v) is 6.09. The Morgan fingerprint density at radius 2 is 1.95 bits per heavy atom. The third kappa shape index (κ3) is 4.46. The van der Waals surface area contributed by atoms with Crippen LogP contribution in [0.2, 0.25) is 0 Å². The predicted molar refractivity (Wildman–Crippen MR) is 83.0 cm³/mol. The third-order valence-corrected chi connectivity index (χ3v) is 4.33. The Labute approximate surface area is 119 Å². The summed E-state index contributed by atoms with van der Waals surface area (Å²) in [7, 11) is 0. The number of benzene rings is 1. The summed E-state index contributed by atoms with van der Waals surface area (Å²) in [5.74, 6) is 2.37. The van der Waals surface area contributed by atoms with E-state index in [0.29, 0.717) is 6.04 Å². The number of hydrogen-bond acceptors (Lipinski definition) is 3. The van der Waals surface area contributed by atoms with Crippen molar-refractivity contribution in [3.63, 3.8) is 0 Å². The first kappa shape index (κ1) is 14.3. The standard InChI is InChI=1S/C15H22N2OS/c1-2-9-16-13-5-3-12(4-6-13)15(18)17-14-7-10-19-11-8-14/h3-6,14,16H,2,7-11H2,1H3,(H,17,18). The van der Waals surface area contributed by atoms with Crippen molar-refractivity contribution in [2.45, 2.75) is 32.2 Å². The molecule has 1 saturated heterocycles. The van der Waals surface area contributed by atoms with Crippen molar-refractivity contribution in [3.8, 4) is 0 Å². The minimum atomic E-state index is 0.0546. The fourth-order valence-electron chi connectivity index (χ4n) is 2.12. The third-order valence-electron chi connectivity index (χ3n) is 3.28. The van der Waals surface area contributed by atoms with Crippen LogP contribution in [0.3, 0.4) is 0 Å². The molecule has 1 aliphatic heterocycles. The van der Waals surface area contributed by atoms with Crippen molar-refractivity contribution in [1.29, 1.82) is 0 Å². The molecule has 19 heavy (non-hydrogen) atoms. The minimum absolute atomic E-state index is 0.0546. The van der Waals surface area contributed by atoms with Gasteiger partial charge in [-0.05, 0) is 55.0 Å². The monoisotopic (exact) mass is 278 g/mol. The van der Waals surface area contributed by atoms with Crippen LogP contribution in [-0.2, 0) is 0 Å². The van der Waals surface area contributed by atoms with E-state index in [9.17, 15) is 4.79 Å². The van der Waals surface area contributed by atoms with Gasteiger partial charge in [0, 0.05) is 23.8 Å². The Morgan fingerprint density at radius 1 is 1.26 bits per heavy atom. The highest BCUT2D eigenvalue weighted by Crippen LogP contribution is 2.17. The van der Waals surface area contributed by atoms with Gasteiger partial charge in [0.05, 0.1) is 0 Å². The summed E-state index contributed by atoms with van der Waals surface area (Å²) in [6.07, 6.45) is 3.28. The number of amides is 1. The Kier molecular flexibility index (Phi) is 5.58. The lowest BCUT2D eigenvalue weighted by molar-refractivity contribution is 0.0935.